The van der Waals surface area contributed by atoms with Crippen LogP contribution in [0.5, 0.6) is 0 Å². The Hall–Kier alpha value is -0.660. The molecule has 0 heterocycles. The maximum atomic E-state index is 2.31. The second-order valence-corrected chi connectivity index (χ2v) is 15.6. The van der Waals surface area contributed by atoms with Crippen molar-refractivity contribution in [1.82, 2.24) is 0 Å². The quantitative estimate of drug-likeness (QED) is 0.256. The van der Waals surface area contributed by atoms with Gasteiger partial charge in [0, 0.05) is 0 Å². The van der Waals surface area contributed by atoms with Crippen LogP contribution < -0.4 is 24.8 Å². The van der Waals surface area contributed by atoms with Crippen molar-refractivity contribution < 1.29 is 48.1 Å². The summed E-state index contributed by atoms with van der Waals surface area (Å²) in [6.07, 6.45) is 0. The largest absolute Gasteiger partial charge is 1.00 e. The van der Waals surface area contributed by atoms with Crippen LogP contribution in [0.2, 0.25) is 13.1 Å². The topological polar surface area (TPSA) is 0 Å². The first-order valence-electron chi connectivity index (χ1n) is 8.22. The SMILES string of the molecule is C[Si](C)=[Zr+2].Cc1cc2c(C)cccc2[cH-]1.[Cl-].[Cl-].c1ccc2[cH-]ccc2c1. The molecule has 0 bridgehead atoms. The summed E-state index contributed by atoms with van der Waals surface area (Å²) in [5.74, 6) is 0. The summed E-state index contributed by atoms with van der Waals surface area (Å²) in [5.41, 5.74) is 2.94. The Morgan fingerprint density at radius 2 is 1.46 bits per heavy atom. The Balaban J connectivity index is 0.000000381. The predicted molar refractivity (Wildman–Crippen MR) is 106 cm³/mol. The van der Waals surface area contributed by atoms with Gasteiger partial charge >= 0.3 is 41.9 Å². The van der Waals surface area contributed by atoms with Crippen molar-refractivity contribution >= 4 is 27.0 Å². The zero-order valence-electron chi connectivity index (χ0n) is 15.7. The van der Waals surface area contributed by atoms with Crippen LogP contribution in [0.4, 0.5) is 0 Å². The molecular weight excluding hydrogens is 454 g/mol. The normalized spacial score (nSPS) is 9.15. The van der Waals surface area contributed by atoms with Crippen LogP contribution in [0.15, 0.2) is 72.8 Å². The fraction of sp³-hybridized carbons (Fsp3) is 0.182. The molecule has 0 amide bonds. The first kappa shape index (κ1) is 25.3. The molecule has 0 unspecified atom stereocenters. The predicted octanol–water partition coefficient (Wildman–Crippen LogP) is 0.527. The molecule has 4 aromatic rings. The standard InChI is InChI=1S/C11H11.C9H7.C2H6Si.2ClH.Zr/c1-8-6-10-5-3-4-9(2)11(10)7-8;1-2-5-9-7-3-6-8(9)4-1;1-3-2;;;/h3-7H,1-2H3;1-7H;1-2H3;2*1H;/q2*-1;;;;+2/p-2. The number of hydrogen-bond acceptors (Lipinski definition) is 0. The van der Waals surface area contributed by atoms with Crippen LogP contribution in [0, 0.1) is 13.8 Å². The maximum Gasteiger partial charge on any atom is -0.0488 e. The Morgan fingerprint density at radius 1 is 0.846 bits per heavy atom. The monoisotopic (exact) mass is 476 g/mol. The van der Waals surface area contributed by atoms with E-state index in [0.29, 0.717) is 0 Å². The molecule has 0 aliphatic rings. The third kappa shape index (κ3) is 7.92. The Bertz CT molecular complexity index is 903. The van der Waals surface area contributed by atoms with Crippen LogP contribution in [-0.4, -0.2) is 5.43 Å². The van der Waals surface area contributed by atoms with Gasteiger partial charge in [0.1, 0.15) is 0 Å². The van der Waals surface area contributed by atoms with Crippen molar-refractivity contribution in [2.24, 2.45) is 0 Å². The molecule has 0 nitrogen and oxygen atoms in total. The smallest absolute Gasteiger partial charge is 0.0488 e. The third-order valence-electron chi connectivity index (χ3n) is 3.66. The van der Waals surface area contributed by atoms with Gasteiger partial charge in [-0.2, -0.15) is 23.6 Å². The molecule has 0 saturated heterocycles. The van der Waals surface area contributed by atoms with E-state index in [0.717, 1.165) is 0 Å². The van der Waals surface area contributed by atoms with Crippen molar-refractivity contribution in [3.05, 3.63) is 83.9 Å². The van der Waals surface area contributed by atoms with Gasteiger partial charge in [0.05, 0.1) is 0 Å². The first-order valence-corrected chi connectivity index (χ1v) is 14.4. The second-order valence-electron chi connectivity index (χ2n) is 6.27. The number of fused-ring (bicyclic) bond motifs is 2. The van der Waals surface area contributed by atoms with E-state index < -0.39 is 0 Å². The number of hydrogen-bond donors (Lipinski definition) is 0. The van der Waals surface area contributed by atoms with E-state index in [-0.39, 0.29) is 30.2 Å². The molecule has 0 saturated carbocycles. The number of aryl methyl sites for hydroxylation is 2. The molecule has 4 aromatic carbocycles. The summed E-state index contributed by atoms with van der Waals surface area (Å²) in [5, 5.41) is 5.42. The Morgan fingerprint density at radius 3 is 2.08 bits per heavy atom. The van der Waals surface area contributed by atoms with Crippen LogP contribution in [0.3, 0.4) is 0 Å². The molecule has 136 valence electrons. The fourth-order valence-corrected chi connectivity index (χ4v) is 2.61. The maximum absolute atomic E-state index is 2.31. The van der Waals surface area contributed by atoms with E-state index in [4.69, 9.17) is 0 Å². The van der Waals surface area contributed by atoms with Crippen molar-refractivity contribution in [2.75, 3.05) is 0 Å². The van der Waals surface area contributed by atoms with Gasteiger partial charge < -0.3 is 24.8 Å². The minimum atomic E-state index is 0. The molecule has 0 fully saturated rings. The van der Waals surface area contributed by atoms with Crippen LogP contribution in [0.1, 0.15) is 11.1 Å². The van der Waals surface area contributed by atoms with Gasteiger partial charge in [0.2, 0.25) is 0 Å². The van der Waals surface area contributed by atoms with E-state index in [2.05, 4.69) is 99.7 Å². The Labute approximate surface area is 184 Å². The average Bonchev–Trinajstić information content (AvgIpc) is 3.13. The molecule has 4 heteroatoms. The van der Waals surface area contributed by atoms with Gasteiger partial charge in [-0.15, -0.1) is 64.2 Å². The van der Waals surface area contributed by atoms with E-state index >= 15 is 0 Å². The fourth-order valence-electron chi connectivity index (χ4n) is 2.61. The van der Waals surface area contributed by atoms with Crippen LogP contribution >= 0.6 is 0 Å². The van der Waals surface area contributed by atoms with Gasteiger partial charge in [-0.05, 0) is 6.92 Å². The van der Waals surface area contributed by atoms with Gasteiger partial charge in [-0.3, -0.25) is 0 Å². The first-order chi connectivity index (χ1) is 11.5. The van der Waals surface area contributed by atoms with Crippen molar-refractivity contribution in [2.45, 2.75) is 26.9 Å². The molecule has 26 heavy (non-hydrogen) atoms. The summed E-state index contributed by atoms with van der Waals surface area (Å²) < 4.78 is 0. The van der Waals surface area contributed by atoms with Crippen molar-refractivity contribution in [3.8, 4) is 0 Å². The Kier molecular flexibility index (Phi) is 12.4. The molecule has 0 aliphatic carbocycles. The van der Waals surface area contributed by atoms with E-state index in [9.17, 15) is 0 Å². The zero-order chi connectivity index (χ0) is 17.5. The molecule has 0 atom stereocenters. The minimum Gasteiger partial charge on any atom is -1.00 e. The number of rotatable bonds is 0. The molecule has 0 spiro atoms. The average molecular weight is 479 g/mol. The van der Waals surface area contributed by atoms with Crippen molar-refractivity contribution in [1.29, 1.82) is 0 Å². The molecule has 4 rings (SSSR count). The zero-order valence-corrected chi connectivity index (χ0v) is 20.7. The van der Waals surface area contributed by atoms with Crippen molar-refractivity contribution in [3.63, 3.8) is 0 Å². The van der Waals surface area contributed by atoms with Gasteiger partial charge in [-0.1, -0.05) is 24.6 Å². The van der Waals surface area contributed by atoms with E-state index in [1.165, 1.54) is 32.7 Å². The van der Waals surface area contributed by atoms with Gasteiger partial charge in [-0.25, -0.2) is 0 Å². The summed E-state index contributed by atoms with van der Waals surface area (Å²) in [6.45, 7) is 8.91. The molecular formula is C22H24Cl2SiZr-2. The summed E-state index contributed by atoms with van der Waals surface area (Å²) in [4.78, 5) is 0. The summed E-state index contributed by atoms with van der Waals surface area (Å²) >= 11 is 1.74. The minimum absolute atomic E-state index is 0. The molecule has 0 aromatic heterocycles. The number of benzene rings is 2. The molecule has 0 N–H and O–H groups in total. The van der Waals surface area contributed by atoms with E-state index in [1.807, 2.05) is 0 Å². The summed E-state index contributed by atoms with van der Waals surface area (Å²) in [7, 11) is 0. The second kappa shape index (κ2) is 12.7. The third-order valence-corrected chi connectivity index (χ3v) is 3.66. The number of halogens is 2. The van der Waals surface area contributed by atoms with Crippen LogP contribution in [-0.2, 0) is 23.3 Å². The van der Waals surface area contributed by atoms with Gasteiger partial charge in [0.25, 0.3) is 0 Å². The molecule has 0 radical (unpaired) electrons. The van der Waals surface area contributed by atoms with E-state index in [1.54, 1.807) is 23.3 Å². The summed E-state index contributed by atoms with van der Waals surface area (Å²) in [6, 6.07) is 25.6. The molecule has 0 aliphatic heterocycles. The van der Waals surface area contributed by atoms with Crippen LogP contribution in [0.25, 0.3) is 21.5 Å². The van der Waals surface area contributed by atoms with Gasteiger partial charge in [0.15, 0.2) is 0 Å².